The minimum Gasteiger partial charge on any atom is -0.507 e. The van der Waals surface area contributed by atoms with E-state index in [4.69, 9.17) is 0 Å². The lowest BCUT2D eigenvalue weighted by Gasteiger charge is -2.25. The van der Waals surface area contributed by atoms with Crippen molar-refractivity contribution >= 4 is 11.6 Å². The van der Waals surface area contributed by atoms with Crippen LogP contribution in [0.1, 0.15) is 18.1 Å². The van der Waals surface area contributed by atoms with E-state index in [-0.39, 0.29) is 5.75 Å². The van der Waals surface area contributed by atoms with Gasteiger partial charge in [-0.15, -0.1) is 0 Å². The summed E-state index contributed by atoms with van der Waals surface area (Å²) in [5.74, 6) is -0.401. The molecule has 0 spiro atoms. The largest absolute Gasteiger partial charge is 0.507 e. The highest BCUT2D eigenvalue weighted by molar-refractivity contribution is 5.94. The molecule has 0 saturated heterocycles. The van der Waals surface area contributed by atoms with E-state index in [1.54, 1.807) is 26.0 Å². The maximum absolute atomic E-state index is 12.3. The third-order valence-corrected chi connectivity index (χ3v) is 3.23. The molecule has 0 bridgehead atoms. The summed E-state index contributed by atoms with van der Waals surface area (Å²) in [6, 6.07) is 2.20. The van der Waals surface area contributed by atoms with Crippen LogP contribution < -0.4 is 5.32 Å². The van der Waals surface area contributed by atoms with Gasteiger partial charge < -0.3 is 10.4 Å². The third kappa shape index (κ3) is 4.93. The summed E-state index contributed by atoms with van der Waals surface area (Å²) in [5, 5.41) is 12.2. The van der Waals surface area contributed by atoms with Crippen molar-refractivity contribution in [1.82, 2.24) is 4.90 Å². The summed E-state index contributed by atoms with van der Waals surface area (Å²) in [6.45, 7) is 3.60. The summed E-state index contributed by atoms with van der Waals surface area (Å²) in [7, 11) is 1.24. The zero-order valence-electron chi connectivity index (χ0n) is 12.4. The van der Waals surface area contributed by atoms with Crippen molar-refractivity contribution < 1.29 is 23.1 Å². The number of hydrogen-bond acceptors (Lipinski definition) is 3. The number of rotatable bonds is 4. The fourth-order valence-corrected chi connectivity index (χ4v) is 1.89. The second kappa shape index (κ2) is 6.34. The van der Waals surface area contributed by atoms with Crippen LogP contribution >= 0.6 is 0 Å². The number of hydrogen-bond donors (Lipinski definition) is 2. The van der Waals surface area contributed by atoms with Crippen molar-refractivity contribution in [3.63, 3.8) is 0 Å². The van der Waals surface area contributed by atoms with Crippen LogP contribution in [0.3, 0.4) is 0 Å². The number of alkyl halides is 3. The Balaban J connectivity index is 2.77. The molecule has 0 aliphatic carbocycles. The van der Waals surface area contributed by atoms with Crippen molar-refractivity contribution in [3.05, 3.63) is 23.3 Å². The number of aryl methyl sites for hydroxylation is 2. The summed E-state index contributed by atoms with van der Waals surface area (Å²) in [5.41, 5.74) is 1.61. The topological polar surface area (TPSA) is 52.6 Å². The molecule has 1 rings (SSSR count). The molecule has 0 aliphatic heterocycles. The average Bonchev–Trinajstić information content (AvgIpc) is 2.32. The van der Waals surface area contributed by atoms with E-state index in [2.05, 4.69) is 5.32 Å². The highest BCUT2D eigenvalue weighted by Gasteiger charge is 2.32. The monoisotopic (exact) mass is 304 g/mol. The van der Waals surface area contributed by atoms with E-state index in [0.29, 0.717) is 16.8 Å². The van der Waals surface area contributed by atoms with Crippen molar-refractivity contribution in [3.8, 4) is 5.75 Å². The first-order valence-electron chi connectivity index (χ1n) is 6.39. The first-order valence-corrected chi connectivity index (χ1v) is 6.39. The van der Waals surface area contributed by atoms with Crippen LogP contribution in [-0.2, 0) is 4.79 Å². The Morgan fingerprint density at radius 3 is 2.24 bits per heavy atom. The molecule has 1 atom stereocenters. The van der Waals surface area contributed by atoms with E-state index in [0.717, 1.165) is 4.90 Å². The van der Waals surface area contributed by atoms with Gasteiger partial charge in [0.15, 0.2) is 0 Å². The van der Waals surface area contributed by atoms with Gasteiger partial charge in [-0.1, -0.05) is 0 Å². The molecule has 0 heterocycles. The van der Waals surface area contributed by atoms with Gasteiger partial charge in [0.05, 0.1) is 12.6 Å². The van der Waals surface area contributed by atoms with Gasteiger partial charge in [0.1, 0.15) is 5.75 Å². The van der Waals surface area contributed by atoms with Gasteiger partial charge in [-0.3, -0.25) is 9.69 Å². The zero-order valence-corrected chi connectivity index (χ0v) is 12.4. The number of likely N-dealkylation sites (N-methyl/N-ethyl adjacent to an activating group) is 1. The Labute approximate surface area is 121 Å². The van der Waals surface area contributed by atoms with E-state index in [1.807, 2.05) is 0 Å². The lowest BCUT2D eigenvalue weighted by atomic mass is 10.1. The van der Waals surface area contributed by atoms with E-state index < -0.39 is 24.7 Å². The number of anilines is 1. The van der Waals surface area contributed by atoms with Crippen molar-refractivity contribution in [1.29, 1.82) is 0 Å². The van der Waals surface area contributed by atoms with Crippen LogP contribution in [0.5, 0.6) is 5.75 Å². The maximum Gasteiger partial charge on any atom is 0.401 e. The Kier molecular flexibility index (Phi) is 5.22. The predicted molar refractivity (Wildman–Crippen MR) is 74.4 cm³/mol. The molecule has 0 aromatic heterocycles. The Morgan fingerprint density at radius 2 is 1.81 bits per heavy atom. The van der Waals surface area contributed by atoms with Gasteiger partial charge in [0.25, 0.3) is 0 Å². The number of halogens is 3. The first-order chi connectivity index (χ1) is 9.51. The van der Waals surface area contributed by atoms with Crippen LogP contribution in [0.2, 0.25) is 0 Å². The number of carbonyl (C=O) groups excluding carboxylic acids is 1. The minimum absolute atomic E-state index is 0.134. The standard InChI is InChI=1S/C14H19F3N2O2/c1-8-5-11(6-9(2)12(8)20)18-13(21)10(3)19(4)7-14(15,16)17/h5-6,10,20H,7H2,1-4H3,(H,18,21)/t10-/m1/s1. The fraction of sp³-hybridized carbons (Fsp3) is 0.500. The summed E-state index contributed by atoms with van der Waals surface area (Å²) in [6.07, 6.45) is -4.35. The molecule has 0 radical (unpaired) electrons. The molecular formula is C14H19F3N2O2. The van der Waals surface area contributed by atoms with E-state index in [9.17, 15) is 23.1 Å². The first kappa shape index (κ1) is 17.3. The number of benzene rings is 1. The number of phenolic OH excluding ortho intramolecular Hbond substituents is 1. The quantitative estimate of drug-likeness (QED) is 0.841. The Morgan fingerprint density at radius 1 is 1.33 bits per heavy atom. The fourth-order valence-electron chi connectivity index (χ4n) is 1.89. The van der Waals surface area contributed by atoms with Crippen LogP contribution in [0.4, 0.5) is 18.9 Å². The number of nitrogens with zero attached hydrogens (tertiary/aromatic N) is 1. The molecule has 4 nitrogen and oxygen atoms in total. The van der Waals surface area contributed by atoms with E-state index in [1.165, 1.54) is 14.0 Å². The zero-order chi connectivity index (χ0) is 16.4. The lowest BCUT2D eigenvalue weighted by Crippen LogP contribution is -2.44. The Bertz CT molecular complexity index is 506. The molecule has 1 aromatic rings. The summed E-state index contributed by atoms with van der Waals surface area (Å²) >= 11 is 0. The average molecular weight is 304 g/mol. The molecule has 1 aromatic carbocycles. The van der Waals surface area contributed by atoms with Gasteiger partial charge in [-0.05, 0) is 51.1 Å². The van der Waals surface area contributed by atoms with Crippen LogP contribution in [-0.4, -0.2) is 41.7 Å². The molecule has 0 aliphatic rings. The van der Waals surface area contributed by atoms with Crippen LogP contribution in [0.15, 0.2) is 12.1 Å². The number of carbonyl (C=O) groups is 1. The molecule has 1 amide bonds. The molecule has 21 heavy (non-hydrogen) atoms. The van der Waals surface area contributed by atoms with Crippen molar-refractivity contribution in [2.24, 2.45) is 0 Å². The smallest absolute Gasteiger partial charge is 0.401 e. The van der Waals surface area contributed by atoms with Gasteiger partial charge in [-0.2, -0.15) is 13.2 Å². The molecule has 2 N–H and O–H groups in total. The molecular weight excluding hydrogens is 285 g/mol. The van der Waals surface area contributed by atoms with Crippen molar-refractivity contribution in [2.45, 2.75) is 33.0 Å². The van der Waals surface area contributed by atoms with Gasteiger partial charge >= 0.3 is 6.18 Å². The van der Waals surface area contributed by atoms with E-state index >= 15 is 0 Å². The maximum atomic E-state index is 12.3. The van der Waals surface area contributed by atoms with Gasteiger partial charge in [0, 0.05) is 5.69 Å². The SMILES string of the molecule is Cc1cc(NC(=O)[C@@H](C)N(C)CC(F)(F)F)cc(C)c1O. The van der Waals surface area contributed by atoms with Crippen molar-refractivity contribution in [2.75, 3.05) is 18.9 Å². The number of nitrogens with one attached hydrogen (secondary N) is 1. The number of phenols is 1. The molecule has 7 heteroatoms. The normalized spacial score (nSPS) is 13.3. The summed E-state index contributed by atoms with van der Waals surface area (Å²) < 4.78 is 36.9. The highest BCUT2D eigenvalue weighted by atomic mass is 19.4. The lowest BCUT2D eigenvalue weighted by molar-refractivity contribution is -0.149. The predicted octanol–water partition coefficient (Wildman–Crippen LogP) is 2.83. The minimum atomic E-state index is -4.35. The Hall–Kier alpha value is -1.76. The van der Waals surface area contributed by atoms with Crippen LogP contribution in [0.25, 0.3) is 0 Å². The molecule has 0 saturated carbocycles. The van der Waals surface area contributed by atoms with Gasteiger partial charge in [0.2, 0.25) is 5.91 Å². The molecule has 0 fully saturated rings. The molecule has 118 valence electrons. The van der Waals surface area contributed by atoms with Crippen LogP contribution in [0, 0.1) is 13.8 Å². The third-order valence-electron chi connectivity index (χ3n) is 3.23. The molecule has 0 unspecified atom stereocenters. The van der Waals surface area contributed by atoms with Gasteiger partial charge in [-0.25, -0.2) is 0 Å². The number of aromatic hydroxyl groups is 1. The number of amides is 1. The second-order valence-corrected chi connectivity index (χ2v) is 5.15. The highest BCUT2D eigenvalue weighted by Crippen LogP contribution is 2.25. The summed E-state index contributed by atoms with van der Waals surface area (Å²) in [4.78, 5) is 12.9. The second-order valence-electron chi connectivity index (χ2n) is 5.15.